The Kier molecular flexibility index (Phi) is 18.2. The van der Waals surface area contributed by atoms with E-state index in [-0.39, 0.29) is 52.8 Å². The molecule has 0 aromatic rings. The average Bonchev–Trinajstić information content (AvgIpc) is 1.36. The summed E-state index contributed by atoms with van der Waals surface area (Å²) in [6, 6.07) is 0. The molecular formula is H4AlKO5S. The predicted molar refractivity (Wildman–Crippen MR) is 23.1 cm³/mol. The average molecular weight is 182 g/mol. The topological polar surface area (TPSA) is 91.7 Å². The van der Waals surface area contributed by atoms with Gasteiger partial charge in [-0.1, -0.05) is 0 Å². The van der Waals surface area contributed by atoms with Gasteiger partial charge in [-0.25, -0.2) is 0 Å². The van der Waals surface area contributed by atoms with Crippen molar-refractivity contribution in [3.8, 4) is 0 Å². The molecule has 0 radical (unpaired) electrons. The van der Waals surface area contributed by atoms with Crippen LogP contribution in [0.3, 0.4) is 0 Å². The van der Waals surface area contributed by atoms with Gasteiger partial charge in [0.2, 0.25) is 0 Å². The number of rotatable bonds is 0. The molecule has 2 N–H and O–H groups in total. The van der Waals surface area contributed by atoms with Crippen molar-refractivity contribution in [3.63, 3.8) is 0 Å². The monoisotopic (exact) mass is 182 g/mol. The van der Waals surface area contributed by atoms with Crippen molar-refractivity contribution in [2.75, 3.05) is 0 Å². The summed E-state index contributed by atoms with van der Waals surface area (Å²) >= 11 is 0.611. The van der Waals surface area contributed by atoms with E-state index in [1.807, 2.05) is 0 Å². The SMILES string of the molecule is O=S(=O)(O)O.[H-].[K+].[O]=[AlH]. The van der Waals surface area contributed by atoms with E-state index in [1.54, 1.807) is 0 Å². The molecule has 8 heteroatoms. The van der Waals surface area contributed by atoms with Crippen LogP contribution in [0.1, 0.15) is 1.43 Å². The molecule has 5 nitrogen and oxygen atoms in total. The minimum atomic E-state index is -4.67. The molecule has 0 fully saturated rings. The first-order valence-electron chi connectivity index (χ1n) is 0.987. The van der Waals surface area contributed by atoms with Crippen LogP contribution in [-0.4, -0.2) is 33.7 Å². The van der Waals surface area contributed by atoms with Crippen molar-refractivity contribution in [3.05, 3.63) is 0 Å². The van der Waals surface area contributed by atoms with Crippen molar-refractivity contribution in [2.24, 2.45) is 0 Å². The summed E-state index contributed by atoms with van der Waals surface area (Å²) in [5, 5.41) is 0. The first-order valence-corrected chi connectivity index (χ1v) is 2.96. The molecule has 0 rings (SSSR count). The molecule has 0 aliphatic carbocycles. The Labute approximate surface area is 99.0 Å². The Bertz CT molecular complexity index is 111. The van der Waals surface area contributed by atoms with Gasteiger partial charge in [-0.2, -0.15) is 8.42 Å². The first kappa shape index (κ1) is 16.4. The maximum absolute atomic E-state index is 8.74. The van der Waals surface area contributed by atoms with Gasteiger partial charge in [0.25, 0.3) is 0 Å². The molecule has 0 aromatic carbocycles. The van der Waals surface area contributed by atoms with Gasteiger partial charge >= 0.3 is 81.8 Å². The zero-order valence-electron chi connectivity index (χ0n) is 5.23. The molecule has 0 unspecified atom stereocenters. The predicted octanol–water partition coefficient (Wildman–Crippen LogP) is -4.30. The Morgan fingerprint density at radius 2 is 1.25 bits per heavy atom. The summed E-state index contributed by atoms with van der Waals surface area (Å²) < 4.78 is 39.9. The van der Waals surface area contributed by atoms with Crippen molar-refractivity contribution in [1.82, 2.24) is 0 Å². The molecular weight excluding hydrogens is 178 g/mol. The standard InChI is InChI=1S/Al.K.H2O4S.O.2H/c;;1-5(2,3)4;;;/h;;(H2,1,2,3,4);;;/q;+1;;;;-1. The zero-order chi connectivity index (χ0) is 6.50. The summed E-state index contributed by atoms with van der Waals surface area (Å²) in [4.78, 5) is 0. The van der Waals surface area contributed by atoms with Crippen LogP contribution in [-0.2, 0) is 14.2 Å². The van der Waals surface area contributed by atoms with E-state index in [1.165, 1.54) is 0 Å². The van der Waals surface area contributed by atoms with Gasteiger partial charge in [-0.05, 0) is 0 Å². The second-order valence-electron chi connectivity index (χ2n) is 0.448. The molecule has 0 heterocycles. The summed E-state index contributed by atoms with van der Waals surface area (Å²) in [5.74, 6) is 0. The Balaban J connectivity index is -0.0000000286. The first-order chi connectivity index (χ1) is 3.00. The molecule has 0 saturated carbocycles. The third kappa shape index (κ3) is 108. The van der Waals surface area contributed by atoms with Gasteiger partial charge in [-0.3, -0.25) is 9.11 Å². The Morgan fingerprint density at radius 1 is 1.25 bits per heavy atom. The van der Waals surface area contributed by atoms with E-state index >= 15 is 0 Å². The van der Waals surface area contributed by atoms with Crippen LogP contribution in [0, 0.1) is 0 Å². The van der Waals surface area contributed by atoms with Crippen LogP contribution in [0.25, 0.3) is 0 Å². The van der Waals surface area contributed by atoms with Crippen LogP contribution in [0.2, 0.25) is 0 Å². The molecule has 0 saturated heterocycles. The van der Waals surface area contributed by atoms with Gasteiger partial charge in [0.15, 0.2) is 0 Å². The summed E-state index contributed by atoms with van der Waals surface area (Å²) in [7, 11) is -4.67. The number of hydrogen-bond donors (Lipinski definition) is 2. The second-order valence-corrected chi connectivity index (χ2v) is 1.34. The summed E-state index contributed by atoms with van der Waals surface area (Å²) in [5.41, 5.74) is 0. The fourth-order valence-corrected chi connectivity index (χ4v) is 0. The molecule has 0 aliphatic heterocycles. The minimum absolute atomic E-state index is 0. The summed E-state index contributed by atoms with van der Waals surface area (Å²) in [6.45, 7) is 0. The van der Waals surface area contributed by atoms with E-state index in [9.17, 15) is 0 Å². The van der Waals surface area contributed by atoms with E-state index < -0.39 is 10.4 Å². The molecule has 0 amide bonds. The van der Waals surface area contributed by atoms with E-state index in [0.29, 0.717) is 16.2 Å². The second kappa shape index (κ2) is 8.84. The third-order valence-corrected chi connectivity index (χ3v) is 0. The Hall–Kier alpha value is 1.84. The third-order valence-electron chi connectivity index (χ3n) is 0. The van der Waals surface area contributed by atoms with Crippen LogP contribution < -0.4 is 51.4 Å². The molecule has 8 heavy (non-hydrogen) atoms. The quantitative estimate of drug-likeness (QED) is 0.292. The van der Waals surface area contributed by atoms with Gasteiger partial charge in [0, 0.05) is 0 Å². The van der Waals surface area contributed by atoms with Crippen LogP contribution in [0.15, 0.2) is 0 Å². The zero-order valence-corrected chi connectivity index (χ0v) is 9.59. The fourth-order valence-electron chi connectivity index (χ4n) is 0. The normalized spacial score (nSPS) is 7.62. The van der Waals surface area contributed by atoms with Gasteiger partial charge in [-0.15, -0.1) is 0 Å². The summed E-state index contributed by atoms with van der Waals surface area (Å²) in [6.07, 6.45) is 0. The van der Waals surface area contributed by atoms with Crippen molar-refractivity contribution < 1.29 is 74.1 Å². The maximum atomic E-state index is 8.74. The molecule has 0 atom stereocenters. The molecule has 0 aromatic heterocycles. The van der Waals surface area contributed by atoms with E-state index in [4.69, 9.17) is 21.3 Å². The molecule has 44 valence electrons. The van der Waals surface area contributed by atoms with Gasteiger partial charge < -0.3 is 1.43 Å². The molecule has 0 bridgehead atoms. The van der Waals surface area contributed by atoms with Crippen molar-refractivity contribution in [1.29, 1.82) is 0 Å². The number of hydrogen-bond acceptors (Lipinski definition) is 3. The van der Waals surface area contributed by atoms with Crippen molar-refractivity contribution >= 4 is 26.6 Å². The molecule has 0 spiro atoms. The van der Waals surface area contributed by atoms with Crippen LogP contribution in [0.5, 0.6) is 0 Å². The Morgan fingerprint density at radius 3 is 1.25 bits per heavy atom. The molecule has 0 aliphatic rings. The van der Waals surface area contributed by atoms with Crippen LogP contribution >= 0.6 is 0 Å². The van der Waals surface area contributed by atoms with E-state index in [0.717, 1.165) is 0 Å². The van der Waals surface area contributed by atoms with Crippen molar-refractivity contribution in [2.45, 2.75) is 0 Å². The van der Waals surface area contributed by atoms with E-state index in [2.05, 4.69) is 0 Å². The fraction of sp³-hybridized carbons (Fsp3) is 0. The van der Waals surface area contributed by atoms with Gasteiger partial charge in [0.1, 0.15) is 0 Å². The van der Waals surface area contributed by atoms with Gasteiger partial charge in [0.05, 0.1) is 0 Å². The van der Waals surface area contributed by atoms with Crippen LogP contribution in [0.4, 0.5) is 0 Å².